The molecule has 4 aliphatic rings. The zero-order valence-corrected chi connectivity index (χ0v) is 14.1. The van der Waals surface area contributed by atoms with Crippen molar-refractivity contribution in [3.05, 3.63) is 36.0 Å². The fourth-order valence-corrected chi connectivity index (χ4v) is 6.47. The number of nitrogens with one attached hydrogen (secondary N) is 2. The summed E-state index contributed by atoms with van der Waals surface area (Å²) in [6.45, 7) is 3.45. The van der Waals surface area contributed by atoms with Gasteiger partial charge in [-0.1, -0.05) is 18.2 Å². The molecule has 2 heteroatoms. The highest BCUT2D eigenvalue weighted by Crippen LogP contribution is 2.61. The molecule has 2 nitrogen and oxygen atoms in total. The van der Waals surface area contributed by atoms with Gasteiger partial charge in [-0.05, 0) is 80.2 Å². The molecule has 0 aliphatic heterocycles. The van der Waals surface area contributed by atoms with Gasteiger partial charge in [0.05, 0.1) is 0 Å². The minimum atomic E-state index is 0.598. The topological polar surface area (TPSA) is 27.8 Å². The van der Waals surface area contributed by atoms with Crippen LogP contribution in [0.2, 0.25) is 0 Å². The zero-order chi connectivity index (χ0) is 15.4. The van der Waals surface area contributed by atoms with Gasteiger partial charge in [0.25, 0.3) is 0 Å². The Kier molecular flexibility index (Phi) is 3.13. The summed E-state index contributed by atoms with van der Waals surface area (Å²) in [7, 11) is 0. The van der Waals surface area contributed by atoms with Crippen LogP contribution in [0.4, 0.5) is 0 Å². The highest BCUT2D eigenvalue weighted by Gasteiger charge is 2.52. The van der Waals surface area contributed by atoms with E-state index in [0.29, 0.717) is 11.5 Å². The van der Waals surface area contributed by atoms with Crippen molar-refractivity contribution in [2.45, 2.75) is 58.0 Å². The number of hydrogen-bond donors (Lipinski definition) is 2. The second-order valence-corrected chi connectivity index (χ2v) is 8.74. The van der Waals surface area contributed by atoms with Gasteiger partial charge in [-0.25, -0.2) is 0 Å². The lowest BCUT2D eigenvalue weighted by molar-refractivity contribution is -0.0706. The fraction of sp³-hybridized carbons (Fsp3) is 0.619. The molecule has 1 heterocycles. The van der Waals surface area contributed by atoms with Crippen molar-refractivity contribution in [1.82, 2.24) is 10.3 Å². The largest absolute Gasteiger partial charge is 0.361 e. The Balaban J connectivity index is 1.33. The molecule has 0 amide bonds. The van der Waals surface area contributed by atoms with Crippen molar-refractivity contribution in [2.24, 2.45) is 23.2 Å². The van der Waals surface area contributed by atoms with Crippen molar-refractivity contribution >= 4 is 10.9 Å². The van der Waals surface area contributed by atoms with Crippen LogP contribution in [-0.4, -0.2) is 11.0 Å². The van der Waals surface area contributed by atoms with Gasteiger partial charge < -0.3 is 10.3 Å². The van der Waals surface area contributed by atoms with Crippen LogP contribution >= 0.6 is 0 Å². The number of H-pyrrole nitrogens is 1. The van der Waals surface area contributed by atoms with Gasteiger partial charge in [0.2, 0.25) is 0 Å². The Hall–Kier alpha value is -1.28. The third kappa shape index (κ3) is 2.26. The predicted octanol–water partition coefficient (Wildman–Crippen LogP) is 4.86. The quantitative estimate of drug-likeness (QED) is 0.829. The minimum Gasteiger partial charge on any atom is -0.361 e. The van der Waals surface area contributed by atoms with Crippen LogP contribution in [0, 0.1) is 23.2 Å². The van der Waals surface area contributed by atoms with E-state index in [4.69, 9.17) is 0 Å². The van der Waals surface area contributed by atoms with Crippen LogP contribution < -0.4 is 5.32 Å². The number of para-hydroxylation sites is 1. The van der Waals surface area contributed by atoms with Crippen LogP contribution in [0.5, 0.6) is 0 Å². The summed E-state index contributed by atoms with van der Waals surface area (Å²) in [4.78, 5) is 3.41. The molecule has 4 saturated carbocycles. The molecular formula is C21H28N2. The van der Waals surface area contributed by atoms with Gasteiger partial charge in [-0.15, -0.1) is 0 Å². The summed E-state index contributed by atoms with van der Waals surface area (Å²) >= 11 is 0. The second kappa shape index (κ2) is 5.11. The number of aromatic nitrogens is 1. The monoisotopic (exact) mass is 308 g/mol. The fourth-order valence-electron chi connectivity index (χ4n) is 6.47. The average Bonchev–Trinajstić information content (AvgIpc) is 2.94. The molecule has 0 spiro atoms. The highest BCUT2D eigenvalue weighted by atomic mass is 14.9. The van der Waals surface area contributed by atoms with Crippen molar-refractivity contribution in [1.29, 1.82) is 0 Å². The summed E-state index contributed by atoms with van der Waals surface area (Å²) in [6, 6.07) is 9.29. The molecule has 4 aliphatic carbocycles. The van der Waals surface area contributed by atoms with E-state index >= 15 is 0 Å². The molecule has 2 aromatic rings. The normalized spacial score (nSPS) is 36.7. The maximum atomic E-state index is 3.91. The van der Waals surface area contributed by atoms with Crippen molar-refractivity contribution in [3.8, 4) is 0 Å². The molecule has 0 radical (unpaired) electrons. The summed E-state index contributed by atoms with van der Waals surface area (Å²) in [5.41, 5.74) is 3.27. The van der Waals surface area contributed by atoms with Crippen LogP contribution in [0.25, 0.3) is 10.9 Å². The average molecular weight is 308 g/mol. The summed E-state index contributed by atoms with van der Waals surface area (Å²) in [6.07, 6.45) is 11.3. The molecule has 6 rings (SSSR count). The first-order valence-electron chi connectivity index (χ1n) is 9.50. The van der Waals surface area contributed by atoms with E-state index in [2.05, 4.69) is 47.7 Å². The zero-order valence-electron chi connectivity index (χ0n) is 14.1. The molecule has 0 unspecified atom stereocenters. The van der Waals surface area contributed by atoms with Crippen LogP contribution in [0.15, 0.2) is 30.5 Å². The smallest absolute Gasteiger partial charge is 0.0457 e. The highest BCUT2D eigenvalue weighted by molar-refractivity contribution is 5.82. The predicted molar refractivity (Wildman–Crippen MR) is 95.2 cm³/mol. The second-order valence-electron chi connectivity index (χ2n) is 8.74. The van der Waals surface area contributed by atoms with Crippen molar-refractivity contribution < 1.29 is 0 Å². The molecular weight excluding hydrogens is 280 g/mol. The first kappa shape index (κ1) is 14.1. The summed E-state index contributed by atoms with van der Waals surface area (Å²) in [5.74, 6) is 3.12. The van der Waals surface area contributed by atoms with E-state index < -0.39 is 0 Å². The Morgan fingerprint density at radius 3 is 2.43 bits per heavy atom. The van der Waals surface area contributed by atoms with Gasteiger partial charge >= 0.3 is 0 Å². The van der Waals surface area contributed by atoms with Crippen LogP contribution in [-0.2, 0) is 6.54 Å². The van der Waals surface area contributed by atoms with E-state index in [0.717, 1.165) is 24.3 Å². The minimum absolute atomic E-state index is 0.598. The molecule has 1 aromatic carbocycles. The van der Waals surface area contributed by atoms with Crippen molar-refractivity contribution in [2.75, 3.05) is 0 Å². The van der Waals surface area contributed by atoms with E-state index in [9.17, 15) is 0 Å². The number of aromatic amines is 1. The maximum absolute atomic E-state index is 3.91. The third-order valence-electron chi connectivity index (χ3n) is 7.28. The van der Waals surface area contributed by atoms with Gasteiger partial charge in [0, 0.05) is 29.7 Å². The SMILES string of the molecule is C[C@H](NCc1c[nH]c2ccccc12)C12CC3CC(CC(C3)C1)C2. The van der Waals surface area contributed by atoms with Gasteiger partial charge in [-0.3, -0.25) is 0 Å². The maximum Gasteiger partial charge on any atom is 0.0457 e. The van der Waals surface area contributed by atoms with Crippen LogP contribution in [0.1, 0.15) is 51.0 Å². The molecule has 1 aromatic heterocycles. The first-order chi connectivity index (χ1) is 11.2. The molecule has 1 atom stereocenters. The Bertz CT molecular complexity index is 678. The van der Waals surface area contributed by atoms with Gasteiger partial charge in [0.1, 0.15) is 0 Å². The Labute approximate surface area is 139 Å². The molecule has 23 heavy (non-hydrogen) atoms. The molecule has 0 saturated heterocycles. The molecule has 4 fully saturated rings. The van der Waals surface area contributed by atoms with E-state index in [1.165, 1.54) is 55.0 Å². The van der Waals surface area contributed by atoms with E-state index in [1.807, 2.05) is 0 Å². The van der Waals surface area contributed by atoms with Gasteiger partial charge in [-0.2, -0.15) is 0 Å². The molecule has 122 valence electrons. The van der Waals surface area contributed by atoms with Crippen LogP contribution in [0.3, 0.4) is 0 Å². The lowest BCUT2D eigenvalue weighted by Crippen LogP contribution is -2.54. The number of rotatable bonds is 4. The van der Waals surface area contributed by atoms with Crippen molar-refractivity contribution in [3.63, 3.8) is 0 Å². The summed E-state index contributed by atoms with van der Waals surface area (Å²) in [5, 5.41) is 5.29. The van der Waals surface area contributed by atoms with Gasteiger partial charge in [0.15, 0.2) is 0 Å². The Morgan fingerprint density at radius 2 is 1.74 bits per heavy atom. The number of hydrogen-bond acceptors (Lipinski definition) is 1. The lowest BCUT2D eigenvalue weighted by atomic mass is 9.48. The molecule has 4 bridgehead atoms. The van der Waals surface area contributed by atoms with E-state index in [1.54, 1.807) is 0 Å². The first-order valence-corrected chi connectivity index (χ1v) is 9.50. The Morgan fingerprint density at radius 1 is 1.09 bits per heavy atom. The standard InChI is InChI=1S/C21H28N2/c1-14(21-9-15-6-16(10-21)8-17(7-15)11-21)22-12-18-13-23-20-5-3-2-4-19(18)20/h2-5,13-17,22-23H,6-12H2,1H3/t14-,15?,16?,17?,21?/m0/s1. The van der Waals surface area contributed by atoms with E-state index in [-0.39, 0.29) is 0 Å². The number of fused-ring (bicyclic) bond motifs is 1. The number of benzene rings is 1. The lowest BCUT2D eigenvalue weighted by Gasteiger charge is -2.59. The third-order valence-corrected chi connectivity index (χ3v) is 7.28. The summed E-state index contributed by atoms with van der Waals surface area (Å²) < 4.78 is 0. The molecule has 2 N–H and O–H groups in total.